The van der Waals surface area contributed by atoms with Crippen LogP contribution in [0.25, 0.3) is 0 Å². The third-order valence-corrected chi connectivity index (χ3v) is 3.50. The summed E-state index contributed by atoms with van der Waals surface area (Å²) in [5.74, 6) is 0.129. The van der Waals surface area contributed by atoms with Gasteiger partial charge in [-0.1, -0.05) is 6.07 Å². The molecule has 0 saturated carbocycles. The maximum absolute atomic E-state index is 7.68. The first-order chi connectivity index (χ1) is 8.61. The van der Waals surface area contributed by atoms with E-state index in [4.69, 9.17) is 15.9 Å². The van der Waals surface area contributed by atoms with Crippen molar-refractivity contribution in [2.45, 2.75) is 25.9 Å². The highest BCUT2D eigenvalue weighted by atomic mass is 16.5. The number of amidine groups is 1. The van der Waals surface area contributed by atoms with E-state index in [0.29, 0.717) is 0 Å². The zero-order valence-corrected chi connectivity index (χ0v) is 11.1. The van der Waals surface area contributed by atoms with Crippen molar-refractivity contribution >= 4 is 11.5 Å². The van der Waals surface area contributed by atoms with E-state index in [-0.39, 0.29) is 11.9 Å². The molecule has 0 radical (unpaired) electrons. The molecule has 18 heavy (non-hydrogen) atoms. The number of nitrogens with two attached hydrogens (primary N) is 1. The largest absolute Gasteiger partial charge is 0.384 e. The summed E-state index contributed by atoms with van der Waals surface area (Å²) in [6.07, 6.45) is 2.50. The normalized spacial score (nSPS) is 19.9. The molecule has 0 amide bonds. The zero-order valence-electron chi connectivity index (χ0n) is 11.1. The number of nitrogen functional groups attached to an aromatic ring is 1. The van der Waals surface area contributed by atoms with Crippen molar-refractivity contribution in [1.82, 2.24) is 0 Å². The Morgan fingerprint density at radius 1 is 1.50 bits per heavy atom. The average Bonchev–Trinajstić information content (AvgIpc) is 2.38. The van der Waals surface area contributed by atoms with E-state index in [1.807, 2.05) is 12.1 Å². The van der Waals surface area contributed by atoms with Gasteiger partial charge in [0.25, 0.3) is 0 Å². The number of nitrogens with one attached hydrogen (secondary N) is 1. The molecule has 0 bridgehead atoms. The van der Waals surface area contributed by atoms with Gasteiger partial charge in [0.2, 0.25) is 0 Å². The summed E-state index contributed by atoms with van der Waals surface area (Å²) in [7, 11) is 1.76. The molecule has 1 aromatic rings. The lowest BCUT2D eigenvalue weighted by Crippen LogP contribution is -2.40. The van der Waals surface area contributed by atoms with Crippen LogP contribution in [0.1, 0.15) is 24.0 Å². The molecule has 1 aliphatic rings. The fourth-order valence-electron chi connectivity index (χ4n) is 2.48. The Hall–Kier alpha value is -1.55. The SMILES string of the molecule is COC1CCCN(c2cc(C)ccc2C(=N)N)C1. The molecule has 0 aliphatic carbocycles. The monoisotopic (exact) mass is 247 g/mol. The number of benzene rings is 1. The molecule has 0 aromatic heterocycles. The second kappa shape index (κ2) is 5.40. The summed E-state index contributed by atoms with van der Waals surface area (Å²) in [6, 6.07) is 6.04. The maximum Gasteiger partial charge on any atom is 0.124 e. The Morgan fingerprint density at radius 3 is 2.94 bits per heavy atom. The molecule has 1 aromatic carbocycles. The van der Waals surface area contributed by atoms with Gasteiger partial charge in [-0.2, -0.15) is 0 Å². The standard InChI is InChI=1S/C14H21N3O/c1-10-5-6-12(14(15)16)13(8-10)17-7-3-4-11(9-17)18-2/h5-6,8,11H,3-4,7,9H2,1-2H3,(H3,15,16). The molecule has 0 spiro atoms. The molecule has 1 heterocycles. The first-order valence-electron chi connectivity index (χ1n) is 6.34. The summed E-state index contributed by atoms with van der Waals surface area (Å²) in [5.41, 5.74) is 8.73. The smallest absolute Gasteiger partial charge is 0.124 e. The number of aryl methyl sites for hydroxylation is 1. The van der Waals surface area contributed by atoms with E-state index in [1.165, 1.54) is 5.56 Å². The summed E-state index contributed by atoms with van der Waals surface area (Å²) in [4.78, 5) is 2.28. The maximum atomic E-state index is 7.68. The molecule has 1 saturated heterocycles. The average molecular weight is 247 g/mol. The molecule has 4 heteroatoms. The Balaban J connectivity index is 2.31. The molecule has 1 fully saturated rings. The van der Waals surface area contributed by atoms with Gasteiger partial charge in [-0.05, 0) is 37.5 Å². The third kappa shape index (κ3) is 2.64. The van der Waals surface area contributed by atoms with Gasteiger partial charge in [0.1, 0.15) is 5.84 Å². The number of piperidine rings is 1. The Kier molecular flexibility index (Phi) is 3.87. The van der Waals surface area contributed by atoms with E-state index < -0.39 is 0 Å². The van der Waals surface area contributed by atoms with Crippen molar-refractivity contribution in [2.75, 3.05) is 25.1 Å². The topological polar surface area (TPSA) is 62.3 Å². The number of hydrogen-bond acceptors (Lipinski definition) is 3. The zero-order chi connectivity index (χ0) is 13.1. The predicted molar refractivity (Wildman–Crippen MR) is 74.4 cm³/mol. The summed E-state index contributed by atoms with van der Waals surface area (Å²) >= 11 is 0. The molecule has 2 rings (SSSR count). The van der Waals surface area contributed by atoms with Gasteiger partial charge in [0.05, 0.1) is 6.10 Å². The summed E-state index contributed by atoms with van der Waals surface area (Å²) in [6.45, 7) is 3.94. The van der Waals surface area contributed by atoms with Gasteiger partial charge >= 0.3 is 0 Å². The van der Waals surface area contributed by atoms with Gasteiger partial charge < -0.3 is 15.4 Å². The Morgan fingerprint density at radius 2 is 2.28 bits per heavy atom. The van der Waals surface area contributed by atoms with Crippen LogP contribution in [0.3, 0.4) is 0 Å². The van der Waals surface area contributed by atoms with Gasteiger partial charge in [-0.25, -0.2) is 0 Å². The first kappa shape index (κ1) is 12.9. The van der Waals surface area contributed by atoms with Crippen molar-refractivity contribution in [3.63, 3.8) is 0 Å². The molecule has 3 N–H and O–H groups in total. The lowest BCUT2D eigenvalue weighted by atomic mass is 10.0. The van der Waals surface area contributed by atoms with Crippen molar-refractivity contribution in [3.8, 4) is 0 Å². The molecule has 4 nitrogen and oxygen atoms in total. The Bertz CT molecular complexity index is 445. The van der Waals surface area contributed by atoms with Gasteiger partial charge in [-0.15, -0.1) is 0 Å². The predicted octanol–water partition coefficient (Wildman–Crippen LogP) is 1.89. The third-order valence-electron chi connectivity index (χ3n) is 3.50. The van der Waals surface area contributed by atoms with Crippen LogP contribution >= 0.6 is 0 Å². The quantitative estimate of drug-likeness (QED) is 0.633. The van der Waals surface area contributed by atoms with E-state index in [2.05, 4.69) is 17.9 Å². The minimum absolute atomic E-state index is 0.129. The molecular weight excluding hydrogens is 226 g/mol. The van der Waals surface area contributed by atoms with Crippen LogP contribution in [0.2, 0.25) is 0 Å². The van der Waals surface area contributed by atoms with Crippen LogP contribution in [-0.2, 0) is 4.74 Å². The van der Waals surface area contributed by atoms with E-state index in [9.17, 15) is 0 Å². The number of rotatable bonds is 3. The van der Waals surface area contributed by atoms with E-state index in [1.54, 1.807) is 7.11 Å². The summed E-state index contributed by atoms with van der Waals surface area (Å²) < 4.78 is 5.45. The molecule has 98 valence electrons. The van der Waals surface area contributed by atoms with E-state index in [0.717, 1.165) is 37.2 Å². The lowest BCUT2D eigenvalue weighted by Gasteiger charge is -2.34. The molecule has 1 unspecified atom stereocenters. The van der Waals surface area contributed by atoms with Crippen LogP contribution in [0.5, 0.6) is 0 Å². The van der Waals surface area contributed by atoms with E-state index >= 15 is 0 Å². The summed E-state index contributed by atoms with van der Waals surface area (Å²) in [5, 5.41) is 7.68. The minimum Gasteiger partial charge on any atom is -0.384 e. The second-order valence-electron chi connectivity index (χ2n) is 4.88. The minimum atomic E-state index is 0.129. The molecule has 1 aliphatic heterocycles. The number of nitrogens with zero attached hydrogens (tertiary/aromatic N) is 1. The fourth-order valence-corrected chi connectivity index (χ4v) is 2.48. The Labute approximate surface area is 108 Å². The molecule has 1 atom stereocenters. The fraction of sp³-hybridized carbons (Fsp3) is 0.500. The van der Waals surface area contributed by atoms with Crippen molar-refractivity contribution in [2.24, 2.45) is 5.73 Å². The van der Waals surface area contributed by atoms with Crippen LogP contribution < -0.4 is 10.6 Å². The van der Waals surface area contributed by atoms with Crippen LogP contribution in [0, 0.1) is 12.3 Å². The van der Waals surface area contributed by atoms with Crippen molar-refractivity contribution in [3.05, 3.63) is 29.3 Å². The first-order valence-corrected chi connectivity index (χ1v) is 6.34. The van der Waals surface area contributed by atoms with Gasteiger partial charge in [0.15, 0.2) is 0 Å². The molecular formula is C14H21N3O. The lowest BCUT2D eigenvalue weighted by molar-refractivity contribution is 0.0893. The highest BCUT2D eigenvalue weighted by molar-refractivity contribution is 6.00. The van der Waals surface area contributed by atoms with Crippen LogP contribution in [0.4, 0.5) is 5.69 Å². The number of methoxy groups -OCH3 is 1. The van der Waals surface area contributed by atoms with Crippen LogP contribution in [-0.4, -0.2) is 32.1 Å². The van der Waals surface area contributed by atoms with Crippen molar-refractivity contribution in [1.29, 1.82) is 5.41 Å². The number of anilines is 1. The van der Waals surface area contributed by atoms with Crippen molar-refractivity contribution < 1.29 is 4.74 Å². The van der Waals surface area contributed by atoms with Crippen LogP contribution in [0.15, 0.2) is 18.2 Å². The van der Waals surface area contributed by atoms with Gasteiger partial charge in [0, 0.05) is 31.5 Å². The van der Waals surface area contributed by atoms with Gasteiger partial charge in [-0.3, -0.25) is 5.41 Å². The number of hydrogen-bond donors (Lipinski definition) is 2. The number of ether oxygens (including phenoxy) is 1. The highest BCUT2D eigenvalue weighted by Gasteiger charge is 2.22. The second-order valence-corrected chi connectivity index (χ2v) is 4.88. The highest BCUT2D eigenvalue weighted by Crippen LogP contribution is 2.26.